The molecule has 0 saturated carbocycles. The van der Waals surface area contributed by atoms with Crippen molar-refractivity contribution in [3.63, 3.8) is 0 Å². The van der Waals surface area contributed by atoms with E-state index in [1.807, 2.05) is 0 Å². The molecule has 8 nitrogen and oxygen atoms in total. The quantitative estimate of drug-likeness (QED) is 0.584. The van der Waals surface area contributed by atoms with Gasteiger partial charge in [0.1, 0.15) is 0 Å². The number of piperidine rings is 1. The van der Waals surface area contributed by atoms with E-state index in [9.17, 15) is 18.0 Å². The van der Waals surface area contributed by atoms with Crippen LogP contribution in [0.4, 0.5) is 0 Å². The van der Waals surface area contributed by atoms with Gasteiger partial charge in [0.25, 0.3) is 5.91 Å². The third-order valence-corrected chi connectivity index (χ3v) is 8.81. The number of nitrogens with zero attached hydrogens (tertiary/aromatic N) is 2. The predicted octanol–water partition coefficient (Wildman–Crippen LogP) is 2.94. The van der Waals surface area contributed by atoms with Crippen LogP contribution in [0, 0.1) is 5.92 Å². The molecular weight excluding hydrogens is 452 g/mol. The molecule has 2 aliphatic rings. The molecule has 1 atom stereocenters. The topological polar surface area (TPSA) is 103 Å². The molecule has 2 N–H and O–H groups in total. The lowest BCUT2D eigenvalue weighted by molar-refractivity contribution is 0.0953. The number of amides is 1. The number of nitrogens with one attached hydrogen (secondary N) is 2. The van der Waals surface area contributed by atoms with Gasteiger partial charge in [0.15, 0.2) is 0 Å². The van der Waals surface area contributed by atoms with Gasteiger partial charge in [-0.2, -0.15) is 4.31 Å². The molecule has 0 aliphatic carbocycles. The number of fused-ring (bicyclic) bond motifs is 1. The number of hydrogen-bond donors (Lipinski definition) is 2. The molecule has 2 aromatic rings. The largest absolute Gasteiger partial charge is 0.352 e. The molecule has 9 heteroatoms. The molecule has 3 heterocycles. The zero-order valence-electron chi connectivity index (χ0n) is 20.0. The molecule has 4 rings (SSSR count). The second-order valence-electron chi connectivity index (χ2n) is 9.73. The van der Waals surface area contributed by atoms with Crippen LogP contribution in [0.3, 0.4) is 0 Å². The Bertz CT molecular complexity index is 1170. The molecule has 2 fully saturated rings. The van der Waals surface area contributed by atoms with Crippen molar-refractivity contribution >= 4 is 26.8 Å². The van der Waals surface area contributed by atoms with E-state index in [-0.39, 0.29) is 21.9 Å². The first kappa shape index (κ1) is 24.9. The summed E-state index contributed by atoms with van der Waals surface area (Å²) in [4.78, 5) is 30.5. The maximum absolute atomic E-state index is 13.3. The summed E-state index contributed by atoms with van der Waals surface area (Å²) in [6, 6.07) is 5.86. The number of rotatable bonds is 7. The monoisotopic (exact) mass is 488 g/mol. The average molecular weight is 489 g/mol. The molecule has 0 spiro atoms. The molecule has 2 aliphatic heterocycles. The van der Waals surface area contributed by atoms with Gasteiger partial charge in [0.2, 0.25) is 15.6 Å². The van der Waals surface area contributed by atoms with Crippen molar-refractivity contribution in [1.29, 1.82) is 0 Å². The van der Waals surface area contributed by atoms with Crippen LogP contribution in [0.25, 0.3) is 10.9 Å². The number of carbonyl (C=O) groups excluding carboxylic acids is 1. The maximum atomic E-state index is 13.3. The molecule has 1 aromatic carbocycles. The van der Waals surface area contributed by atoms with Gasteiger partial charge >= 0.3 is 0 Å². The van der Waals surface area contributed by atoms with Crippen molar-refractivity contribution < 1.29 is 13.2 Å². The number of carbonyl (C=O) groups is 1. The van der Waals surface area contributed by atoms with Crippen LogP contribution in [0.2, 0.25) is 0 Å². The summed E-state index contributed by atoms with van der Waals surface area (Å²) >= 11 is 0. The van der Waals surface area contributed by atoms with Gasteiger partial charge in [0.05, 0.1) is 10.5 Å². The fourth-order valence-corrected chi connectivity index (χ4v) is 6.68. The van der Waals surface area contributed by atoms with E-state index in [1.165, 1.54) is 48.2 Å². The Morgan fingerprint density at radius 1 is 1.09 bits per heavy atom. The first-order valence-corrected chi connectivity index (χ1v) is 14.0. The van der Waals surface area contributed by atoms with Gasteiger partial charge in [-0.1, -0.05) is 19.8 Å². The average Bonchev–Trinajstić information content (AvgIpc) is 3.09. The van der Waals surface area contributed by atoms with E-state index < -0.39 is 10.0 Å². The molecule has 0 unspecified atom stereocenters. The number of hydrogen-bond acceptors (Lipinski definition) is 5. The van der Waals surface area contributed by atoms with Gasteiger partial charge in [0, 0.05) is 36.6 Å². The van der Waals surface area contributed by atoms with Crippen LogP contribution in [-0.2, 0) is 10.0 Å². The van der Waals surface area contributed by atoms with Crippen molar-refractivity contribution in [2.24, 2.45) is 5.92 Å². The Kier molecular flexibility index (Phi) is 8.06. The molecule has 0 bridgehead atoms. The SMILES string of the molecule is C[C@@H]1CCCN(S(=O)(=O)c2ccc3[nH]c(=O)cc(C(=O)NCCCN4CCCCCC4)c3c2)C1. The summed E-state index contributed by atoms with van der Waals surface area (Å²) in [7, 11) is -3.67. The first-order chi connectivity index (χ1) is 16.3. The minimum atomic E-state index is -3.67. The fraction of sp³-hybridized carbons (Fsp3) is 0.600. The number of sulfonamides is 1. The van der Waals surface area contributed by atoms with Gasteiger partial charge in [-0.15, -0.1) is 0 Å². The van der Waals surface area contributed by atoms with Crippen LogP contribution < -0.4 is 10.9 Å². The number of benzene rings is 1. The van der Waals surface area contributed by atoms with Gasteiger partial charge in [-0.3, -0.25) is 9.59 Å². The highest BCUT2D eigenvalue weighted by Gasteiger charge is 2.29. The summed E-state index contributed by atoms with van der Waals surface area (Å²) in [6.45, 7) is 6.72. The number of pyridine rings is 1. The minimum absolute atomic E-state index is 0.149. The number of H-pyrrole nitrogens is 1. The third kappa shape index (κ3) is 5.87. The molecule has 1 amide bonds. The Labute approximate surface area is 201 Å². The lowest BCUT2D eigenvalue weighted by Crippen LogP contribution is -2.39. The zero-order valence-corrected chi connectivity index (χ0v) is 20.8. The van der Waals surface area contributed by atoms with E-state index >= 15 is 0 Å². The zero-order chi connectivity index (χ0) is 24.1. The van der Waals surface area contributed by atoms with E-state index in [1.54, 1.807) is 6.07 Å². The summed E-state index contributed by atoms with van der Waals surface area (Å²) in [5.41, 5.74) is 0.272. The summed E-state index contributed by atoms with van der Waals surface area (Å²) < 4.78 is 28.0. The molecular formula is C25H36N4O4S. The number of aromatic nitrogens is 1. The summed E-state index contributed by atoms with van der Waals surface area (Å²) in [6.07, 6.45) is 7.73. The first-order valence-electron chi connectivity index (χ1n) is 12.5. The highest BCUT2D eigenvalue weighted by Crippen LogP contribution is 2.26. The van der Waals surface area contributed by atoms with Crippen molar-refractivity contribution in [2.45, 2.75) is 56.8 Å². The number of aromatic amines is 1. The van der Waals surface area contributed by atoms with Crippen LogP contribution in [0.5, 0.6) is 0 Å². The predicted molar refractivity (Wildman–Crippen MR) is 134 cm³/mol. The molecule has 186 valence electrons. The maximum Gasteiger partial charge on any atom is 0.252 e. The van der Waals surface area contributed by atoms with Crippen LogP contribution >= 0.6 is 0 Å². The Hall–Kier alpha value is -2.23. The second kappa shape index (κ2) is 11.0. The highest BCUT2D eigenvalue weighted by molar-refractivity contribution is 7.89. The lowest BCUT2D eigenvalue weighted by atomic mass is 10.0. The number of likely N-dealkylation sites (tertiary alicyclic amines) is 1. The van der Waals surface area contributed by atoms with E-state index in [0.29, 0.717) is 36.5 Å². The van der Waals surface area contributed by atoms with Crippen LogP contribution in [0.1, 0.15) is 62.2 Å². The van der Waals surface area contributed by atoms with Crippen molar-refractivity contribution in [2.75, 3.05) is 39.3 Å². The van der Waals surface area contributed by atoms with Crippen LogP contribution in [-0.4, -0.2) is 67.8 Å². The molecule has 1 aromatic heterocycles. The van der Waals surface area contributed by atoms with Crippen molar-refractivity contribution in [3.8, 4) is 0 Å². The molecule has 0 radical (unpaired) electrons. The van der Waals surface area contributed by atoms with Crippen molar-refractivity contribution in [1.82, 2.24) is 19.5 Å². The third-order valence-electron chi connectivity index (χ3n) is 6.95. The van der Waals surface area contributed by atoms with Crippen LogP contribution in [0.15, 0.2) is 34.0 Å². The molecule has 34 heavy (non-hydrogen) atoms. The fourth-order valence-electron chi connectivity index (χ4n) is 5.05. The standard InChI is InChI=1S/C25H36N4O4S/c1-19-8-6-15-29(18-19)34(32,33)20-9-10-23-21(16-20)22(17-24(30)27-23)25(31)26-11-7-14-28-12-4-2-3-5-13-28/h9-10,16-17,19H,2-8,11-15,18H2,1H3,(H,26,31)(H,27,30)/t19-/m1/s1. The molecule has 2 saturated heterocycles. The highest BCUT2D eigenvalue weighted by atomic mass is 32.2. The minimum Gasteiger partial charge on any atom is -0.352 e. The smallest absolute Gasteiger partial charge is 0.252 e. The Morgan fingerprint density at radius 2 is 1.85 bits per heavy atom. The van der Waals surface area contributed by atoms with Gasteiger partial charge in [-0.25, -0.2) is 8.42 Å². The lowest BCUT2D eigenvalue weighted by Gasteiger charge is -2.30. The normalized spacial score (nSPS) is 20.8. The Morgan fingerprint density at radius 3 is 2.59 bits per heavy atom. The van der Waals surface area contributed by atoms with E-state index in [0.717, 1.165) is 38.9 Å². The summed E-state index contributed by atoms with van der Waals surface area (Å²) in [5.74, 6) is -0.0379. The van der Waals surface area contributed by atoms with Crippen molar-refractivity contribution in [3.05, 3.63) is 40.2 Å². The van der Waals surface area contributed by atoms with E-state index in [2.05, 4.69) is 22.1 Å². The van der Waals surface area contributed by atoms with Gasteiger partial charge in [-0.05, 0) is 75.9 Å². The van der Waals surface area contributed by atoms with Gasteiger partial charge < -0.3 is 15.2 Å². The second-order valence-corrected chi connectivity index (χ2v) is 11.7. The Balaban J connectivity index is 1.50. The van der Waals surface area contributed by atoms with E-state index in [4.69, 9.17) is 0 Å². The summed E-state index contributed by atoms with van der Waals surface area (Å²) in [5, 5.41) is 3.36.